The summed E-state index contributed by atoms with van der Waals surface area (Å²) < 4.78 is 19.6. The second-order valence-electron chi connectivity index (χ2n) is 7.04. The lowest BCUT2D eigenvalue weighted by Crippen LogP contribution is -2.01. The van der Waals surface area contributed by atoms with Gasteiger partial charge in [-0.1, -0.05) is 6.07 Å². The highest BCUT2D eigenvalue weighted by Crippen LogP contribution is 2.38. The Labute approximate surface area is 189 Å². The molecule has 32 heavy (non-hydrogen) atoms. The van der Waals surface area contributed by atoms with Crippen molar-refractivity contribution in [3.05, 3.63) is 60.8 Å². The number of aromatic nitrogens is 3. The molecule has 7 nitrogen and oxygen atoms in total. The van der Waals surface area contributed by atoms with Gasteiger partial charge in [0.25, 0.3) is 0 Å². The molecule has 0 bridgehead atoms. The van der Waals surface area contributed by atoms with E-state index in [4.69, 9.17) is 19.3 Å². The molecule has 0 fully saturated rings. The average Bonchev–Trinajstić information content (AvgIpc) is 3.43. The van der Waals surface area contributed by atoms with Gasteiger partial charge in [-0.2, -0.15) is 0 Å². The van der Waals surface area contributed by atoms with Crippen LogP contribution >= 0.6 is 11.3 Å². The number of rotatable bonds is 7. The summed E-state index contributed by atoms with van der Waals surface area (Å²) in [5.41, 5.74) is 2.56. The van der Waals surface area contributed by atoms with Crippen molar-refractivity contribution in [3.63, 3.8) is 0 Å². The summed E-state index contributed by atoms with van der Waals surface area (Å²) in [6.45, 7) is 2.52. The number of imidazole rings is 1. The Morgan fingerprint density at radius 1 is 0.969 bits per heavy atom. The second-order valence-corrected chi connectivity index (χ2v) is 8.12. The van der Waals surface area contributed by atoms with E-state index in [1.807, 2.05) is 60.1 Å². The molecule has 0 unspecified atom stereocenters. The predicted octanol–water partition coefficient (Wildman–Crippen LogP) is 5.77. The third kappa shape index (κ3) is 3.58. The Morgan fingerprint density at radius 3 is 2.66 bits per heavy atom. The van der Waals surface area contributed by atoms with Gasteiger partial charge < -0.3 is 19.5 Å². The van der Waals surface area contributed by atoms with Crippen LogP contribution in [0, 0.1) is 0 Å². The average molecular weight is 447 g/mol. The van der Waals surface area contributed by atoms with Gasteiger partial charge in [0.15, 0.2) is 23.0 Å². The molecular formula is C24H22N4O3S. The number of nitrogens with one attached hydrogen (secondary N) is 1. The smallest absolute Gasteiger partial charge is 0.162 e. The zero-order valence-corrected chi connectivity index (χ0v) is 18.8. The molecule has 0 saturated heterocycles. The number of nitrogens with zero attached hydrogens (tertiary/aromatic N) is 3. The van der Waals surface area contributed by atoms with Crippen LogP contribution in [0.2, 0.25) is 0 Å². The summed E-state index contributed by atoms with van der Waals surface area (Å²) in [7, 11) is 3.32. The number of ether oxygens (including phenoxy) is 3. The highest BCUT2D eigenvalue weighted by Gasteiger charge is 2.14. The number of thiophene rings is 1. The highest BCUT2D eigenvalue weighted by atomic mass is 32.1. The SMILES string of the molecule is CCOc1ccc(Nc2ccc3ncc(-c4cc5c(OC)cccc5s4)n3n2)cc1OC. The van der Waals surface area contributed by atoms with E-state index in [1.165, 1.54) is 0 Å². The molecule has 2 aromatic carbocycles. The van der Waals surface area contributed by atoms with E-state index in [9.17, 15) is 0 Å². The lowest BCUT2D eigenvalue weighted by Gasteiger charge is -2.12. The highest BCUT2D eigenvalue weighted by molar-refractivity contribution is 7.22. The summed E-state index contributed by atoms with van der Waals surface area (Å²) in [5.74, 6) is 2.93. The van der Waals surface area contributed by atoms with Crippen LogP contribution in [0.5, 0.6) is 17.2 Å². The molecule has 0 aliphatic rings. The van der Waals surface area contributed by atoms with Crippen LogP contribution in [0.4, 0.5) is 11.5 Å². The number of benzene rings is 2. The molecule has 5 rings (SSSR count). The van der Waals surface area contributed by atoms with Gasteiger partial charge in [0, 0.05) is 21.8 Å². The Hall–Kier alpha value is -3.78. The van der Waals surface area contributed by atoms with Gasteiger partial charge in [0.1, 0.15) is 11.4 Å². The van der Waals surface area contributed by atoms with Crippen molar-refractivity contribution in [1.82, 2.24) is 14.6 Å². The van der Waals surface area contributed by atoms with Crippen molar-refractivity contribution in [2.45, 2.75) is 6.92 Å². The molecule has 5 aromatic rings. The monoisotopic (exact) mass is 446 g/mol. The van der Waals surface area contributed by atoms with Crippen LogP contribution in [-0.2, 0) is 0 Å². The van der Waals surface area contributed by atoms with Crippen molar-refractivity contribution in [3.8, 4) is 27.8 Å². The molecule has 3 aromatic heterocycles. The first-order chi connectivity index (χ1) is 15.7. The maximum Gasteiger partial charge on any atom is 0.162 e. The first-order valence-electron chi connectivity index (χ1n) is 10.2. The van der Waals surface area contributed by atoms with Crippen molar-refractivity contribution < 1.29 is 14.2 Å². The third-order valence-corrected chi connectivity index (χ3v) is 6.21. The van der Waals surface area contributed by atoms with Crippen LogP contribution in [0.3, 0.4) is 0 Å². The van der Waals surface area contributed by atoms with Gasteiger partial charge in [0.05, 0.1) is 31.9 Å². The molecule has 8 heteroatoms. The molecular weight excluding hydrogens is 424 g/mol. The van der Waals surface area contributed by atoms with Crippen LogP contribution in [0.25, 0.3) is 26.3 Å². The Kier molecular flexibility index (Phi) is 5.28. The Balaban J connectivity index is 1.51. The molecule has 0 spiro atoms. The van der Waals surface area contributed by atoms with E-state index < -0.39 is 0 Å². The van der Waals surface area contributed by atoms with E-state index in [-0.39, 0.29) is 0 Å². The van der Waals surface area contributed by atoms with Crippen molar-refractivity contribution >= 4 is 38.6 Å². The predicted molar refractivity (Wildman–Crippen MR) is 128 cm³/mol. The van der Waals surface area contributed by atoms with E-state index in [1.54, 1.807) is 25.6 Å². The van der Waals surface area contributed by atoms with Crippen molar-refractivity contribution in [2.75, 3.05) is 26.1 Å². The molecule has 162 valence electrons. The van der Waals surface area contributed by atoms with Gasteiger partial charge in [-0.25, -0.2) is 9.50 Å². The minimum atomic E-state index is 0.578. The van der Waals surface area contributed by atoms with E-state index in [2.05, 4.69) is 22.4 Å². The normalized spacial score (nSPS) is 11.1. The molecule has 0 aliphatic heterocycles. The van der Waals surface area contributed by atoms with Crippen LogP contribution in [-0.4, -0.2) is 35.4 Å². The molecule has 0 amide bonds. The summed E-state index contributed by atoms with van der Waals surface area (Å²) in [4.78, 5) is 5.60. The number of anilines is 2. The maximum absolute atomic E-state index is 5.60. The summed E-state index contributed by atoms with van der Waals surface area (Å²) in [5, 5.41) is 9.21. The van der Waals surface area contributed by atoms with Crippen LogP contribution in [0.1, 0.15) is 6.92 Å². The number of methoxy groups -OCH3 is 2. The van der Waals surface area contributed by atoms with Gasteiger partial charge in [-0.15, -0.1) is 16.4 Å². The molecule has 3 heterocycles. The Bertz CT molecular complexity index is 1410. The van der Waals surface area contributed by atoms with Gasteiger partial charge >= 0.3 is 0 Å². The van der Waals surface area contributed by atoms with Crippen LogP contribution in [0.15, 0.2) is 60.8 Å². The fourth-order valence-electron chi connectivity index (χ4n) is 3.61. The van der Waals surface area contributed by atoms with Crippen molar-refractivity contribution in [1.29, 1.82) is 0 Å². The molecule has 0 aliphatic carbocycles. The quantitative estimate of drug-likeness (QED) is 0.342. The lowest BCUT2D eigenvalue weighted by molar-refractivity contribution is 0.311. The largest absolute Gasteiger partial charge is 0.496 e. The summed E-state index contributed by atoms with van der Waals surface area (Å²) >= 11 is 1.69. The molecule has 1 N–H and O–H groups in total. The molecule has 0 saturated carbocycles. The first-order valence-corrected chi connectivity index (χ1v) is 11.0. The fourth-order valence-corrected chi connectivity index (χ4v) is 4.69. The zero-order chi connectivity index (χ0) is 22.1. The number of fused-ring (bicyclic) bond motifs is 2. The van der Waals surface area contributed by atoms with E-state index >= 15 is 0 Å². The van der Waals surface area contributed by atoms with Crippen LogP contribution < -0.4 is 19.5 Å². The molecule has 0 atom stereocenters. The van der Waals surface area contributed by atoms with Gasteiger partial charge in [-0.05, 0) is 49.4 Å². The zero-order valence-electron chi connectivity index (χ0n) is 18.0. The lowest BCUT2D eigenvalue weighted by atomic mass is 10.2. The maximum atomic E-state index is 5.60. The number of hydrogen-bond acceptors (Lipinski definition) is 7. The van der Waals surface area contributed by atoms with Gasteiger partial charge in [0.2, 0.25) is 0 Å². The minimum Gasteiger partial charge on any atom is -0.496 e. The Morgan fingerprint density at radius 2 is 1.84 bits per heavy atom. The second kappa shape index (κ2) is 8.39. The standard InChI is InChI=1S/C24H22N4O3S/c1-4-31-19-9-8-15(12-20(19)30-3)26-23-10-11-24-25-14-17(28(24)27-23)22-13-16-18(29-2)6-5-7-21(16)32-22/h5-14H,4H2,1-3H3,(H,26,27). The summed E-state index contributed by atoms with van der Waals surface area (Å²) in [6, 6.07) is 17.8. The molecule has 0 radical (unpaired) electrons. The fraction of sp³-hybridized carbons (Fsp3) is 0.167. The topological polar surface area (TPSA) is 69.9 Å². The van der Waals surface area contributed by atoms with Crippen molar-refractivity contribution in [2.24, 2.45) is 0 Å². The van der Waals surface area contributed by atoms with Gasteiger partial charge in [-0.3, -0.25) is 0 Å². The van der Waals surface area contributed by atoms with E-state index in [0.29, 0.717) is 23.9 Å². The van der Waals surface area contributed by atoms with E-state index in [0.717, 1.165) is 37.7 Å². The third-order valence-electron chi connectivity index (χ3n) is 5.09. The summed E-state index contributed by atoms with van der Waals surface area (Å²) in [6.07, 6.45) is 1.85. The first kappa shape index (κ1) is 20.1. The minimum absolute atomic E-state index is 0.578. The number of hydrogen-bond donors (Lipinski definition) is 1.